The van der Waals surface area contributed by atoms with Crippen LogP contribution >= 0.6 is 0 Å². The Morgan fingerprint density at radius 1 is 1.73 bits per heavy atom. The van der Waals surface area contributed by atoms with E-state index in [9.17, 15) is 4.79 Å². The van der Waals surface area contributed by atoms with E-state index in [4.69, 9.17) is 5.11 Å². The highest BCUT2D eigenvalue weighted by molar-refractivity contribution is 6.06. The van der Waals surface area contributed by atoms with Crippen LogP contribution in [0.3, 0.4) is 0 Å². The molecule has 0 saturated heterocycles. The quantitative estimate of drug-likeness (QED) is 0.603. The molecule has 1 heterocycles. The van der Waals surface area contributed by atoms with Crippen molar-refractivity contribution in [3.8, 4) is 0 Å². The van der Waals surface area contributed by atoms with Gasteiger partial charge in [-0.15, -0.1) is 0 Å². The molecule has 0 aliphatic carbocycles. The molecule has 11 heavy (non-hydrogen) atoms. The van der Waals surface area contributed by atoms with Gasteiger partial charge in [-0.05, 0) is 13.3 Å². The van der Waals surface area contributed by atoms with Crippen molar-refractivity contribution in [2.24, 2.45) is 11.0 Å². The fraction of sp³-hybridized carbons (Fsp3) is 0.714. The fourth-order valence-corrected chi connectivity index (χ4v) is 1.22. The molecule has 1 rings (SSSR count). The summed E-state index contributed by atoms with van der Waals surface area (Å²) in [5.41, 5.74) is 0.798. The summed E-state index contributed by atoms with van der Waals surface area (Å²) in [4.78, 5) is 11.2. The zero-order chi connectivity index (χ0) is 8.43. The molecular weight excluding hydrogens is 144 g/mol. The highest BCUT2D eigenvalue weighted by Crippen LogP contribution is 2.16. The van der Waals surface area contributed by atoms with Gasteiger partial charge in [0.25, 0.3) is 5.91 Å². The van der Waals surface area contributed by atoms with Crippen LogP contribution in [0.15, 0.2) is 5.10 Å². The summed E-state index contributed by atoms with van der Waals surface area (Å²) in [6, 6.07) is 0. The summed E-state index contributed by atoms with van der Waals surface area (Å²) < 4.78 is 0. The van der Waals surface area contributed by atoms with Crippen molar-refractivity contribution in [1.82, 2.24) is 5.01 Å². The van der Waals surface area contributed by atoms with E-state index in [1.54, 1.807) is 7.05 Å². The van der Waals surface area contributed by atoms with Gasteiger partial charge in [0, 0.05) is 19.4 Å². The number of hydrogen-bond donors (Lipinski definition) is 1. The minimum Gasteiger partial charge on any atom is -0.396 e. The van der Waals surface area contributed by atoms with Crippen LogP contribution in [0.5, 0.6) is 0 Å². The zero-order valence-corrected chi connectivity index (χ0v) is 6.74. The van der Waals surface area contributed by atoms with Crippen LogP contribution in [0, 0.1) is 5.92 Å². The second kappa shape index (κ2) is 3.00. The average Bonchev–Trinajstić information content (AvgIpc) is 2.17. The van der Waals surface area contributed by atoms with Gasteiger partial charge in [-0.1, -0.05) is 0 Å². The first kappa shape index (κ1) is 8.20. The van der Waals surface area contributed by atoms with Crippen molar-refractivity contribution in [1.29, 1.82) is 0 Å². The molecular formula is C7H12N2O2. The van der Waals surface area contributed by atoms with E-state index < -0.39 is 0 Å². The molecule has 0 bridgehead atoms. The molecule has 1 aliphatic heterocycles. The third-order valence-corrected chi connectivity index (χ3v) is 1.85. The maximum absolute atomic E-state index is 11.2. The number of rotatable bonds is 2. The first-order chi connectivity index (χ1) is 5.16. The Kier molecular flexibility index (Phi) is 2.24. The highest BCUT2D eigenvalue weighted by atomic mass is 16.3. The minimum absolute atomic E-state index is 0.0171. The Morgan fingerprint density at radius 2 is 2.36 bits per heavy atom. The predicted octanol–water partition coefficient (Wildman–Crippen LogP) is -0.167. The second-order valence-electron chi connectivity index (χ2n) is 2.67. The molecule has 1 atom stereocenters. The Balaban J connectivity index is 2.67. The Labute approximate surface area is 65.5 Å². The molecule has 1 unspecified atom stereocenters. The van der Waals surface area contributed by atoms with E-state index in [1.165, 1.54) is 5.01 Å². The standard InChI is InChI=1S/C7H12N2O2/c1-5-6(3-4-10)7(11)9(2)8-5/h6,10H,3-4H2,1-2H3. The van der Waals surface area contributed by atoms with Crippen LogP contribution in [0.2, 0.25) is 0 Å². The van der Waals surface area contributed by atoms with Gasteiger partial charge in [-0.2, -0.15) is 5.10 Å². The molecule has 4 heteroatoms. The van der Waals surface area contributed by atoms with Gasteiger partial charge < -0.3 is 5.11 Å². The van der Waals surface area contributed by atoms with E-state index in [2.05, 4.69) is 5.10 Å². The van der Waals surface area contributed by atoms with Crippen LogP contribution in [-0.4, -0.2) is 35.4 Å². The summed E-state index contributed by atoms with van der Waals surface area (Å²) in [5.74, 6) is -0.207. The maximum atomic E-state index is 11.2. The van der Waals surface area contributed by atoms with Crippen molar-refractivity contribution >= 4 is 11.6 Å². The van der Waals surface area contributed by atoms with Gasteiger partial charge in [0.15, 0.2) is 0 Å². The molecule has 0 aromatic carbocycles. The molecule has 0 fully saturated rings. The number of amides is 1. The zero-order valence-electron chi connectivity index (χ0n) is 6.74. The lowest BCUT2D eigenvalue weighted by atomic mass is 10.0. The predicted molar refractivity (Wildman–Crippen MR) is 41.1 cm³/mol. The number of hydrogen-bond acceptors (Lipinski definition) is 3. The van der Waals surface area contributed by atoms with Crippen molar-refractivity contribution in [3.05, 3.63) is 0 Å². The van der Waals surface area contributed by atoms with Crippen molar-refractivity contribution in [2.45, 2.75) is 13.3 Å². The molecule has 62 valence electrons. The maximum Gasteiger partial charge on any atom is 0.251 e. The summed E-state index contributed by atoms with van der Waals surface area (Å²) in [7, 11) is 1.63. The summed E-state index contributed by atoms with van der Waals surface area (Å²) in [6.07, 6.45) is 0.485. The number of hydrazone groups is 1. The molecule has 0 radical (unpaired) electrons. The van der Waals surface area contributed by atoms with Crippen LogP contribution < -0.4 is 0 Å². The fourth-order valence-electron chi connectivity index (χ4n) is 1.22. The molecule has 0 aromatic rings. The molecule has 4 nitrogen and oxygen atoms in total. The van der Waals surface area contributed by atoms with Crippen LogP contribution in [0.25, 0.3) is 0 Å². The normalized spacial score (nSPS) is 24.3. The lowest BCUT2D eigenvalue weighted by Gasteiger charge is -2.06. The van der Waals surface area contributed by atoms with Gasteiger partial charge in [-0.25, -0.2) is 5.01 Å². The second-order valence-corrected chi connectivity index (χ2v) is 2.67. The van der Waals surface area contributed by atoms with Gasteiger partial charge in [0.1, 0.15) is 0 Å². The summed E-state index contributed by atoms with van der Waals surface area (Å²) in [6.45, 7) is 1.85. The molecule has 0 spiro atoms. The Bertz CT molecular complexity index is 201. The third-order valence-electron chi connectivity index (χ3n) is 1.85. The SMILES string of the molecule is CC1=NN(C)C(=O)C1CCO. The van der Waals surface area contributed by atoms with E-state index in [0.29, 0.717) is 6.42 Å². The first-order valence-electron chi connectivity index (χ1n) is 3.60. The average molecular weight is 156 g/mol. The highest BCUT2D eigenvalue weighted by Gasteiger charge is 2.30. The molecule has 1 amide bonds. The third kappa shape index (κ3) is 1.40. The molecule has 1 N–H and O–H groups in total. The monoisotopic (exact) mass is 156 g/mol. The van der Waals surface area contributed by atoms with Crippen molar-refractivity contribution in [2.75, 3.05) is 13.7 Å². The van der Waals surface area contributed by atoms with E-state index in [1.807, 2.05) is 6.92 Å². The largest absolute Gasteiger partial charge is 0.396 e. The van der Waals surface area contributed by atoms with E-state index in [-0.39, 0.29) is 18.4 Å². The number of carbonyl (C=O) groups excluding carboxylic acids is 1. The molecule has 0 saturated carbocycles. The smallest absolute Gasteiger partial charge is 0.251 e. The van der Waals surface area contributed by atoms with Crippen LogP contribution in [-0.2, 0) is 4.79 Å². The van der Waals surface area contributed by atoms with Crippen LogP contribution in [0.1, 0.15) is 13.3 Å². The molecule has 0 aromatic heterocycles. The summed E-state index contributed by atoms with van der Waals surface area (Å²) in [5, 5.41) is 13.9. The molecule has 1 aliphatic rings. The van der Waals surface area contributed by atoms with Gasteiger partial charge in [0.05, 0.1) is 5.92 Å². The number of carbonyl (C=O) groups is 1. The van der Waals surface area contributed by atoms with E-state index in [0.717, 1.165) is 5.71 Å². The van der Waals surface area contributed by atoms with Crippen molar-refractivity contribution < 1.29 is 9.90 Å². The Morgan fingerprint density at radius 3 is 2.73 bits per heavy atom. The number of aliphatic hydroxyl groups excluding tert-OH is 1. The Hall–Kier alpha value is -0.900. The summed E-state index contributed by atoms with van der Waals surface area (Å²) >= 11 is 0. The minimum atomic E-state index is -0.190. The van der Waals surface area contributed by atoms with Gasteiger partial charge in [0.2, 0.25) is 0 Å². The topological polar surface area (TPSA) is 52.9 Å². The van der Waals surface area contributed by atoms with Gasteiger partial charge >= 0.3 is 0 Å². The first-order valence-corrected chi connectivity index (χ1v) is 3.60. The lowest BCUT2D eigenvalue weighted by Crippen LogP contribution is -2.24. The van der Waals surface area contributed by atoms with Gasteiger partial charge in [-0.3, -0.25) is 4.79 Å². The van der Waals surface area contributed by atoms with Crippen LogP contribution in [0.4, 0.5) is 0 Å². The number of aliphatic hydroxyl groups is 1. The van der Waals surface area contributed by atoms with Crippen molar-refractivity contribution in [3.63, 3.8) is 0 Å². The lowest BCUT2D eigenvalue weighted by molar-refractivity contribution is -0.130. The van der Waals surface area contributed by atoms with E-state index >= 15 is 0 Å². The number of nitrogens with zero attached hydrogens (tertiary/aromatic N) is 2.